The van der Waals surface area contributed by atoms with Crippen LogP contribution in [0.25, 0.3) is 0 Å². The number of nitrogens with one attached hydrogen (secondary N) is 2. The molecule has 0 fully saturated rings. The zero-order valence-corrected chi connectivity index (χ0v) is 10.0. The first-order chi connectivity index (χ1) is 8.52. The Labute approximate surface area is 105 Å². The Balaban J connectivity index is 2.65. The van der Waals surface area contributed by atoms with Crippen LogP contribution in [0.2, 0.25) is 0 Å². The lowest BCUT2D eigenvalue weighted by Crippen LogP contribution is -2.45. The molecule has 1 amide bonds. The van der Waals surface area contributed by atoms with Gasteiger partial charge in [-0.15, -0.1) is 0 Å². The lowest BCUT2D eigenvalue weighted by atomic mass is 10.1. The molecule has 0 aliphatic rings. The predicted octanol–water partition coefficient (Wildman–Crippen LogP) is -0.277. The summed E-state index contributed by atoms with van der Waals surface area (Å²) in [5.41, 5.74) is 0.727. The van der Waals surface area contributed by atoms with Crippen LogP contribution in [-0.4, -0.2) is 41.7 Å². The second kappa shape index (κ2) is 6.61. The molecule has 0 saturated heterocycles. The van der Waals surface area contributed by atoms with E-state index in [1.807, 2.05) is 0 Å². The van der Waals surface area contributed by atoms with Crippen molar-refractivity contribution in [1.29, 1.82) is 0 Å². The van der Waals surface area contributed by atoms with Gasteiger partial charge in [0.25, 0.3) is 0 Å². The van der Waals surface area contributed by atoms with Crippen molar-refractivity contribution in [3.63, 3.8) is 0 Å². The summed E-state index contributed by atoms with van der Waals surface area (Å²) in [5, 5.41) is 23.2. The SMILES string of the molecule is CNCC(=O)NC(Cc1ccc(O)cc1)C(=O)O. The third kappa shape index (κ3) is 4.42. The zero-order valence-electron chi connectivity index (χ0n) is 10.0. The molecule has 0 radical (unpaired) electrons. The summed E-state index contributed by atoms with van der Waals surface area (Å²) in [6.07, 6.45) is 0.172. The minimum Gasteiger partial charge on any atom is -0.508 e. The smallest absolute Gasteiger partial charge is 0.326 e. The molecule has 1 aromatic carbocycles. The summed E-state index contributed by atoms with van der Waals surface area (Å²) in [6, 6.07) is 5.22. The van der Waals surface area contributed by atoms with E-state index in [1.54, 1.807) is 19.2 Å². The number of carbonyl (C=O) groups excluding carboxylic acids is 1. The van der Waals surface area contributed by atoms with E-state index in [4.69, 9.17) is 10.2 Å². The molecule has 0 spiro atoms. The van der Waals surface area contributed by atoms with Gasteiger partial charge in [0.15, 0.2) is 0 Å². The largest absolute Gasteiger partial charge is 0.508 e. The number of phenols is 1. The molecule has 0 saturated carbocycles. The van der Waals surface area contributed by atoms with Crippen molar-refractivity contribution >= 4 is 11.9 Å². The van der Waals surface area contributed by atoms with E-state index < -0.39 is 12.0 Å². The molecule has 1 rings (SSSR count). The molecular formula is C12H16N2O4. The summed E-state index contributed by atoms with van der Waals surface area (Å²) in [6.45, 7) is 0.0688. The molecule has 18 heavy (non-hydrogen) atoms. The van der Waals surface area contributed by atoms with Crippen LogP contribution >= 0.6 is 0 Å². The fourth-order valence-electron chi connectivity index (χ4n) is 1.47. The zero-order chi connectivity index (χ0) is 13.5. The summed E-state index contributed by atoms with van der Waals surface area (Å²) >= 11 is 0. The highest BCUT2D eigenvalue weighted by Crippen LogP contribution is 2.11. The van der Waals surface area contributed by atoms with Gasteiger partial charge in [0.1, 0.15) is 11.8 Å². The molecule has 0 heterocycles. The van der Waals surface area contributed by atoms with Gasteiger partial charge in [0.2, 0.25) is 5.91 Å². The minimum atomic E-state index is -1.09. The normalized spacial score (nSPS) is 11.8. The second-order valence-electron chi connectivity index (χ2n) is 3.86. The van der Waals surface area contributed by atoms with Crippen LogP contribution in [0.1, 0.15) is 5.56 Å². The van der Waals surface area contributed by atoms with Crippen LogP contribution in [0.3, 0.4) is 0 Å². The Kier molecular flexibility index (Phi) is 5.13. The van der Waals surface area contributed by atoms with Crippen LogP contribution in [0, 0.1) is 0 Å². The van der Waals surface area contributed by atoms with Crippen LogP contribution in [-0.2, 0) is 16.0 Å². The summed E-state index contributed by atoms with van der Waals surface area (Å²) < 4.78 is 0. The molecule has 1 unspecified atom stereocenters. The van der Waals surface area contributed by atoms with Gasteiger partial charge < -0.3 is 20.8 Å². The summed E-state index contributed by atoms with van der Waals surface area (Å²) in [5.74, 6) is -1.35. The van der Waals surface area contributed by atoms with Crippen molar-refractivity contribution in [3.8, 4) is 5.75 Å². The van der Waals surface area contributed by atoms with E-state index in [-0.39, 0.29) is 24.6 Å². The Morgan fingerprint density at radius 2 is 1.89 bits per heavy atom. The first kappa shape index (κ1) is 14.0. The van der Waals surface area contributed by atoms with Gasteiger partial charge in [-0.05, 0) is 24.7 Å². The Hall–Kier alpha value is -2.08. The van der Waals surface area contributed by atoms with Gasteiger partial charge >= 0.3 is 5.97 Å². The monoisotopic (exact) mass is 252 g/mol. The van der Waals surface area contributed by atoms with E-state index in [0.717, 1.165) is 5.56 Å². The molecule has 1 aromatic rings. The molecule has 0 aliphatic carbocycles. The van der Waals surface area contributed by atoms with Crippen LogP contribution in [0.15, 0.2) is 24.3 Å². The minimum absolute atomic E-state index is 0.0688. The van der Waals surface area contributed by atoms with E-state index in [2.05, 4.69) is 10.6 Å². The number of carboxylic acids is 1. The molecule has 0 aromatic heterocycles. The highest BCUT2D eigenvalue weighted by atomic mass is 16.4. The van der Waals surface area contributed by atoms with Crippen molar-refractivity contribution in [3.05, 3.63) is 29.8 Å². The van der Waals surface area contributed by atoms with Crippen molar-refractivity contribution in [2.75, 3.05) is 13.6 Å². The van der Waals surface area contributed by atoms with Crippen LogP contribution in [0.5, 0.6) is 5.75 Å². The van der Waals surface area contributed by atoms with Crippen molar-refractivity contribution in [2.24, 2.45) is 0 Å². The first-order valence-electron chi connectivity index (χ1n) is 5.47. The number of rotatable bonds is 6. The molecule has 0 bridgehead atoms. The summed E-state index contributed by atoms with van der Waals surface area (Å²) in [7, 11) is 1.61. The Morgan fingerprint density at radius 1 is 1.28 bits per heavy atom. The molecule has 98 valence electrons. The van der Waals surface area contributed by atoms with E-state index in [9.17, 15) is 9.59 Å². The number of likely N-dealkylation sites (N-methyl/N-ethyl adjacent to an activating group) is 1. The number of benzene rings is 1. The number of aliphatic carboxylic acids is 1. The standard InChI is InChI=1S/C12H16N2O4/c1-13-7-11(16)14-10(12(17)18)6-8-2-4-9(15)5-3-8/h2-5,10,13,15H,6-7H2,1H3,(H,14,16)(H,17,18). The highest BCUT2D eigenvalue weighted by molar-refractivity contribution is 5.84. The average Bonchev–Trinajstić information content (AvgIpc) is 2.31. The molecule has 1 atom stereocenters. The number of phenolic OH excluding ortho intramolecular Hbond substituents is 1. The number of amides is 1. The Morgan fingerprint density at radius 3 is 2.39 bits per heavy atom. The maximum absolute atomic E-state index is 11.3. The molecule has 4 N–H and O–H groups in total. The molecular weight excluding hydrogens is 236 g/mol. The van der Waals surface area contributed by atoms with Gasteiger partial charge in [-0.1, -0.05) is 12.1 Å². The molecule has 6 heteroatoms. The summed E-state index contributed by atoms with van der Waals surface area (Å²) in [4.78, 5) is 22.4. The highest BCUT2D eigenvalue weighted by Gasteiger charge is 2.19. The predicted molar refractivity (Wildman–Crippen MR) is 65.3 cm³/mol. The van der Waals surface area contributed by atoms with Gasteiger partial charge in [0.05, 0.1) is 6.54 Å². The number of carbonyl (C=O) groups is 2. The Bertz CT molecular complexity index is 417. The average molecular weight is 252 g/mol. The second-order valence-corrected chi connectivity index (χ2v) is 3.86. The van der Waals surface area contributed by atoms with Gasteiger partial charge in [0, 0.05) is 6.42 Å². The van der Waals surface area contributed by atoms with E-state index in [0.29, 0.717) is 0 Å². The topological polar surface area (TPSA) is 98.7 Å². The number of hydrogen-bond acceptors (Lipinski definition) is 4. The maximum atomic E-state index is 11.3. The third-order valence-electron chi connectivity index (χ3n) is 2.35. The first-order valence-corrected chi connectivity index (χ1v) is 5.47. The van der Waals surface area contributed by atoms with Crippen LogP contribution in [0.4, 0.5) is 0 Å². The number of carboxylic acid groups (broad SMARTS) is 1. The fraction of sp³-hybridized carbons (Fsp3) is 0.333. The van der Waals surface area contributed by atoms with Crippen molar-refractivity contribution in [2.45, 2.75) is 12.5 Å². The van der Waals surface area contributed by atoms with Gasteiger partial charge in [-0.3, -0.25) is 4.79 Å². The van der Waals surface area contributed by atoms with Gasteiger partial charge in [-0.2, -0.15) is 0 Å². The van der Waals surface area contributed by atoms with Crippen molar-refractivity contribution in [1.82, 2.24) is 10.6 Å². The third-order valence-corrected chi connectivity index (χ3v) is 2.35. The lowest BCUT2D eigenvalue weighted by Gasteiger charge is -2.14. The number of aromatic hydroxyl groups is 1. The molecule has 6 nitrogen and oxygen atoms in total. The van der Waals surface area contributed by atoms with E-state index >= 15 is 0 Å². The quantitative estimate of drug-likeness (QED) is 0.558. The maximum Gasteiger partial charge on any atom is 0.326 e. The van der Waals surface area contributed by atoms with Gasteiger partial charge in [-0.25, -0.2) is 4.79 Å². The van der Waals surface area contributed by atoms with E-state index in [1.165, 1.54) is 12.1 Å². The number of hydrogen-bond donors (Lipinski definition) is 4. The molecule has 0 aliphatic heterocycles. The lowest BCUT2D eigenvalue weighted by molar-refractivity contribution is -0.141. The van der Waals surface area contributed by atoms with Crippen LogP contribution < -0.4 is 10.6 Å². The van der Waals surface area contributed by atoms with Crippen molar-refractivity contribution < 1.29 is 19.8 Å². The fourth-order valence-corrected chi connectivity index (χ4v) is 1.47.